The number of carbonyl (C=O) groups excluding carboxylic acids is 6. The molecule has 2 saturated carbocycles. The number of nitrogens with one attached hydrogen (secondary N) is 2. The second kappa shape index (κ2) is 22.7. The average Bonchev–Trinajstić information content (AvgIpc) is 4.24. The van der Waals surface area contributed by atoms with Gasteiger partial charge in [-0.15, -0.1) is 11.3 Å². The zero-order chi connectivity index (χ0) is 52.2. The number of carbonyl (C=O) groups is 6. The molecule has 74 heavy (non-hydrogen) atoms. The molecule has 0 spiro atoms. The van der Waals surface area contributed by atoms with Crippen LogP contribution in [-0.2, 0) is 19.2 Å². The maximum Gasteiger partial charge on any atom is 0.263 e. The van der Waals surface area contributed by atoms with Crippen LogP contribution < -0.4 is 21.1 Å². The fraction of sp³-hybridized carbons (Fsp3) is 0.500. The van der Waals surface area contributed by atoms with Crippen molar-refractivity contribution in [2.45, 2.75) is 128 Å². The zero-order valence-corrected chi connectivity index (χ0v) is 43.3. The molecule has 390 valence electrons. The van der Waals surface area contributed by atoms with Crippen molar-refractivity contribution in [3.8, 4) is 0 Å². The highest BCUT2D eigenvalue weighted by Gasteiger charge is 2.41. The Bertz CT molecular complexity index is 2980. The van der Waals surface area contributed by atoms with Crippen molar-refractivity contribution in [2.75, 3.05) is 50.0 Å². The highest BCUT2D eigenvalue weighted by Crippen LogP contribution is 2.37. The van der Waals surface area contributed by atoms with Gasteiger partial charge in [0.05, 0.1) is 23.5 Å². The van der Waals surface area contributed by atoms with Gasteiger partial charge in [0.25, 0.3) is 5.56 Å². The van der Waals surface area contributed by atoms with E-state index in [1.807, 2.05) is 12.1 Å². The van der Waals surface area contributed by atoms with Crippen LogP contribution in [0.3, 0.4) is 0 Å². The third-order valence-electron chi connectivity index (χ3n) is 15.5. The number of thiazole rings is 1. The quantitative estimate of drug-likeness (QED) is 0.0947. The first-order valence-corrected chi connectivity index (χ1v) is 26.9. The van der Waals surface area contributed by atoms with E-state index in [4.69, 9.17) is 4.98 Å². The molecule has 3 atom stereocenters. The summed E-state index contributed by atoms with van der Waals surface area (Å²) in [5, 5.41) is 9.18. The number of hydrogen-bond donors (Lipinski definition) is 2. The number of amides is 4. The number of aromatic nitrogens is 5. The number of nitrogens with zero attached hydrogens (tertiary/aromatic N) is 9. The summed E-state index contributed by atoms with van der Waals surface area (Å²) in [7, 11) is 1.54. The molecule has 2 aliphatic heterocycles. The Balaban J connectivity index is 0.761. The standard InChI is InChI=1S/C54H64FN11O7S/c1-32-40-30-57-54(61-49(40)66(38-13-8-9-14-38)52(72)46(32)34(3)67)59-43-21-20-39(29-56-43)63-25-27-64(28-26-63)45(69)23-22-44(68)62(4)33(2)50(71)60-47(35-11-6-5-7-12-35)53(73)65-24-10-15-42(65)51-58-41(31-74-51)48(70)36-16-18-37(55)19-17-36/h16-21,29-31,33,35,38,42,47H,5-15,22-28H2,1-4H3,(H,60,71)(H,56,57,59,61)/t33-,42-,47-/m0/s1. The third-order valence-corrected chi connectivity index (χ3v) is 16.5. The second-order valence-electron chi connectivity index (χ2n) is 20.2. The van der Waals surface area contributed by atoms with E-state index in [-0.39, 0.29) is 82.9 Å². The van der Waals surface area contributed by atoms with E-state index in [0.29, 0.717) is 72.1 Å². The SMILES string of the molecule is CC(=O)c1c(C)c2cnc(Nc3ccc(N4CCN(C(=O)CCC(=O)N(C)[C@@H](C)C(=O)N[C@H](C(=O)N5CCC[C@H]5c5nc(C(=O)c6ccc(F)cc6)cs5)C5CCCCC5)CC4)cn3)nc2n(C2CCCC2)c1=O. The summed E-state index contributed by atoms with van der Waals surface area (Å²) in [5.41, 5.74) is 2.36. The summed E-state index contributed by atoms with van der Waals surface area (Å²) in [5.74, 6) is -1.50. The predicted octanol–water partition coefficient (Wildman–Crippen LogP) is 7.09. The van der Waals surface area contributed by atoms with Crippen LogP contribution in [0.15, 0.2) is 59.0 Å². The van der Waals surface area contributed by atoms with Gasteiger partial charge in [-0.05, 0) is 107 Å². The molecule has 6 heterocycles. The van der Waals surface area contributed by atoms with Gasteiger partial charge in [-0.3, -0.25) is 38.1 Å². The Morgan fingerprint density at radius 3 is 2.24 bits per heavy atom. The number of halogens is 1. The van der Waals surface area contributed by atoms with Gasteiger partial charge < -0.3 is 30.2 Å². The van der Waals surface area contributed by atoms with Crippen molar-refractivity contribution < 1.29 is 33.2 Å². The number of piperazine rings is 1. The normalized spacial score (nSPS) is 18.3. The molecule has 4 fully saturated rings. The minimum absolute atomic E-state index is 0.0159. The molecule has 18 nitrogen and oxygen atoms in total. The van der Waals surface area contributed by atoms with E-state index >= 15 is 0 Å². The molecule has 2 N–H and O–H groups in total. The van der Waals surface area contributed by atoms with Gasteiger partial charge in [-0.1, -0.05) is 32.1 Å². The van der Waals surface area contributed by atoms with Gasteiger partial charge in [0, 0.05) is 81.2 Å². The van der Waals surface area contributed by atoms with Crippen molar-refractivity contribution in [1.29, 1.82) is 0 Å². The topological polar surface area (TPSA) is 213 Å². The van der Waals surface area contributed by atoms with E-state index in [2.05, 4.69) is 30.5 Å². The predicted molar refractivity (Wildman–Crippen MR) is 278 cm³/mol. The Labute approximate surface area is 433 Å². The minimum Gasteiger partial charge on any atom is -0.367 e. The van der Waals surface area contributed by atoms with Crippen molar-refractivity contribution in [3.05, 3.63) is 97.7 Å². The van der Waals surface area contributed by atoms with Gasteiger partial charge in [0.15, 0.2) is 5.78 Å². The van der Waals surface area contributed by atoms with E-state index in [1.165, 1.54) is 47.4 Å². The third kappa shape index (κ3) is 11.1. The van der Waals surface area contributed by atoms with Gasteiger partial charge in [-0.25, -0.2) is 19.3 Å². The molecule has 1 aromatic carbocycles. The lowest BCUT2D eigenvalue weighted by Crippen LogP contribution is -2.56. The summed E-state index contributed by atoms with van der Waals surface area (Å²) < 4.78 is 15.2. The number of Topliss-reactive ketones (excluding diaryl/α,β-unsaturated/α-hetero) is 1. The fourth-order valence-corrected chi connectivity index (χ4v) is 12.1. The number of fused-ring (bicyclic) bond motifs is 1. The monoisotopic (exact) mass is 1030 g/mol. The number of aryl methyl sites for hydroxylation is 1. The Kier molecular flexibility index (Phi) is 15.9. The van der Waals surface area contributed by atoms with E-state index < -0.39 is 23.8 Å². The number of hydrogen-bond acceptors (Lipinski definition) is 14. The largest absolute Gasteiger partial charge is 0.367 e. The van der Waals surface area contributed by atoms with Crippen LogP contribution >= 0.6 is 11.3 Å². The lowest BCUT2D eigenvalue weighted by molar-refractivity contribution is -0.143. The van der Waals surface area contributed by atoms with Gasteiger partial charge in [-0.2, -0.15) is 4.98 Å². The van der Waals surface area contributed by atoms with E-state index in [0.717, 1.165) is 69.9 Å². The maximum atomic E-state index is 14.5. The number of pyridine rings is 2. The number of benzene rings is 1. The van der Waals surface area contributed by atoms with Gasteiger partial charge >= 0.3 is 0 Å². The Hall–Kier alpha value is -6.96. The zero-order valence-electron chi connectivity index (χ0n) is 42.5. The van der Waals surface area contributed by atoms with E-state index in [1.54, 1.807) is 53.0 Å². The molecule has 4 aromatic heterocycles. The first-order chi connectivity index (χ1) is 35.7. The van der Waals surface area contributed by atoms with Crippen molar-refractivity contribution in [1.82, 2.24) is 44.5 Å². The number of ketones is 2. The number of anilines is 3. The van der Waals surface area contributed by atoms with Crippen LogP contribution in [0.1, 0.15) is 146 Å². The molecule has 0 unspecified atom stereocenters. The number of likely N-dealkylation sites (N-methyl/N-ethyl adjacent to an activating group) is 1. The van der Waals surface area contributed by atoms with Crippen LogP contribution in [0.2, 0.25) is 0 Å². The van der Waals surface area contributed by atoms with E-state index in [9.17, 15) is 38.0 Å². The van der Waals surface area contributed by atoms with Gasteiger partial charge in [0.1, 0.15) is 40.1 Å². The summed E-state index contributed by atoms with van der Waals surface area (Å²) in [6.45, 7) is 7.29. The molecule has 5 aromatic rings. The fourth-order valence-electron chi connectivity index (χ4n) is 11.1. The summed E-state index contributed by atoms with van der Waals surface area (Å²) in [6.07, 6.45) is 12.9. The molecule has 2 aliphatic carbocycles. The second-order valence-corrected chi connectivity index (χ2v) is 21.0. The van der Waals surface area contributed by atoms with Gasteiger partial charge in [0.2, 0.25) is 35.4 Å². The van der Waals surface area contributed by atoms with Crippen molar-refractivity contribution in [3.63, 3.8) is 0 Å². The highest BCUT2D eigenvalue weighted by atomic mass is 32.1. The molecule has 2 saturated heterocycles. The molecular formula is C54H64FN11O7S. The van der Waals surface area contributed by atoms with Crippen LogP contribution in [0.4, 0.5) is 21.8 Å². The summed E-state index contributed by atoms with van der Waals surface area (Å²) in [4.78, 5) is 120. The smallest absolute Gasteiger partial charge is 0.263 e. The lowest BCUT2D eigenvalue weighted by atomic mass is 9.83. The van der Waals surface area contributed by atoms with Crippen molar-refractivity contribution in [2.24, 2.45) is 5.92 Å². The minimum atomic E-state index is -0.907. The molecule has 20 heteroatoms. The Morgan fingerprint density at radius 2 is 1.55 bits per heavy atom. The highest BCUT2D eigenvalue weighted by molar-refractivity contribution is 7.10. The lowest BCUT2D eigenvalue weighted by Gasteiger charge is -2.36. The number of rotatable bonds is 16. The van der Waals surface area contributed by atoms with Crippen LogP contribution in [0.5, 0.6) is 0 Å². The van der Waals surface area contributed by atoms with Crippen molar-refractivity contribution >= 4 is 75.0 Å². The molecule has 0 radical (unpaired) electrons. The molecule has 4 aliphatic rings. The Morgan fingerprint density at radius 1 is 0.838 bits per heavy atom. The number of likely N-dealkylation sites (tertiary alicyclic amines) is 1. The maximum absolute atomic E-state index is 14.5. The molecule has 9 rings (SSSR count). The first kappa shape index (κ1) is 51.9. The molecular weight excluding hydrogens is 966 g/mol. The summed E-state index contributed by atoms with van der Waals surface area (Å²) in [6, 6.07) is 6.94. The van der Waals surface area contributed by atoms with Crippen LogP contribution in [-0.4, -0.2) is 126 Å². The average molecular weight is 1030 g/mol. The summed E-state index contributed by atoms with van der Waals surface area (Å²) >= 11 is 1.31. The van der Waals surface area contributed by atoms with Crippen LogP contribution in [0, 0.1) is 18.7 Å². The molecule has 4 amide bonds. The first-order valence-electron chi connectivity index (χ1n) is 26.0. The molecule has 0 bridgehead atoms. The van der Waals surface area contributed by atoms with Crippen LogP contribution in [0.25, 0.3) is 11.0 Å².